The van der Waals surface area contributed by atoms with Crippen molar-refractivity contribution in [2.24, 2.45) is 7.05 Å². The van der Waals surface area contributed by atoms with E-state index in [4.69, 9.17) is 16.3 Å². The molecule has 2 aromatic carbocycles. The molecule has 0 unspecified atom stereocenters. The Bertz CT molecular complexity index is 1000. The minimum atomic E-state index is -1.33. The molecule has 150 valence electrons. The molecule has 4 nitrogen and oxygen atoms in total. The Morgan fingerprint density at radius 2 is 1.57 bits per heavy atom. The number of hydrogen-bond acceptors (Lipinski definition) is 3. The smallest absolute Gasteiger partial charge is 0.192 e. The largest absolute Gasteiger partial charge is 0.474 e. The van der Waals surface area contributed by atoms with E-state index in [0.717, 1.165) is 6.07 Å². The molecule has 1 aromatic heterocycles. The zero-order valence-corrected chi connectivity index (χ0v) is 16.5. The monoisotopic (exact) mass is 435 g/mol. The predicted molar refractivity (Wildman–Crippen MR) is 98.6 cm³/mol. The van der Waals surface area contributed by atoms with Crippen LogP contribution in [0.3, 0.4) is 0 Å². The molecule has 0 fully saturated rings. The van der Waals surface area contributed by atoms with Crippen molar-refractivity contribution in [3.8, 4) is 17.1 Å². The van der Waals surface area contributed by atoms with Gasteiger partial charge >= 0.3 is 0 Å². The predicted octanol–water partition coefficient (Wildman–Crippen LogP) is 5.43. The van der Waals surface area contributed by atoms with Crippen LogP contribution < -0.4 is 4.74 Å². The van der Waals surface area contributed by atoms with Crippen molar-refractivity contribution in [1.29, 1.82) is 0 Å². The van der Waals surface area contributed by atoms with Gasteiger partial charge < -0.3 is 9.30 Å². The van der Waals surface area contributed by atoms with Crippen molar-refractivity contribution < 1.29 is 22.3 Å². The van der Waals surface area contributed by atoms with E-state index in [1.807, 2.05) is 0 Å². The number of halogens is 6. The van der Waals surface area contributed by atoms with Crippen LogP contribution in [0, 0.1) is 23.3 Å². The summed E-state index contributed by atoms with van der Waals surface area (Å²) in [4.78, 5) is 0. The number of ether oxygens (including phenoxy) is 1. The van der Waals surface area contributed by atoms with Gasteiger partial charge in [-0.25, -0.2) is 17.6 Å². The molecule has 0 atom stereocenters. The van der Waals surface area contributed by atoms with Crippen molar-refractivity contribution in [1.82, 2.24) is 14.8 Å². The second-order valence-electron chi connectivity index (χ2n) is 6.34. The summed E-state index contributed by atoms with van der Waals surface area (Å²) in [5.41, 5.74) is -0.902. The first kappa shape index (κ1) is 22.0. The lowest BCUT2D eigenvalue weighted by Crippen LogP contribution is -2.30. The highest BCUT2D eigenvalue weighted by molar-refractivity contribution is 6.33. The Morgan fingerprint density at radius 1 is 0.964 bits per heavy atom. The fourth-order valence-electron chi connectivity index (χ4n) is 2.69. The van der Waals surface area contributed by atoms with Gasteiger partial charge in [0.05, 0.1) is 5.02 Å². The minimum absolute atomic E-state index is 0. The molecule has 0 aliphatic carbocycles. The summed E-state index contributed by atoms with van der Waals surface area (Å²) in [6.07, 6.45) is 0. The molecule has 28 heavy (non-hydrogen) atoms. The molecule has 0 amide bonds. The van der Waals surface area contributed by atoms with Crippen LogP contribution in [0.15, 0.2) is 30.3 Å². The summed E-state index contributed by atoms with van der Waals surface area (Å²) < 4.78 is 61.1. The van der Waals surface area contributed by atoms with E-state index in [-0.39, 0.29) is 23.3 Å². The van der Waals surface area contributed by atoms with Crippen LogP contribution in [-0.4, -0.2) is 14.8 Å². The highest BCUT2D eigenvalue weighted by Gasteiger charge is 2.32. The number of rotatable bonds is 4. The van der Waals surface area contributed by atoms with E-state index in [2.05, 4.69) is 10.2 Å². The van der Waals surface area contributed by atoms with Gasteiger partial charge in [0.25, 0.3) is 0 Å². The average molecular weight is 436 g/mol. The van der Waals surface area contributed by atoms with Crippen molar-refractivity contribution in [2.75, 3.05) is 0 Å². The van der Waals surface area contributed by atoms with Crippen molar-refractivity contribution in [2.45, 2.75) is 19.4 Å². The summed E-state index contributed by atoms with van der Waals surface area (Å²) in [7, 11) is 1.60. The van der Waals surface area contributed by atoms with Crippen molar-refractivity contribution in [3.63, 3.8) is 0 Å². The maximum absolute atomic E-state index is 13.9. The maximum atomic E-state index is 13.9. The third kappa shape index (κ3) is 4.07. The Balaban J connectivity index is 0.00000280. The van der Waals surface area contributed by atoms with E-state index in [0.29, 0.717) is 23.5 Å². The van der Waals surface area contributed by atoms with Gasteiger partial charge in [0.2, 0.25) is 0 Å². The molecule has 1 heterocycles. The molecule has 0 radical (unpaired) electrons. The Hall–Kier alpha value is -2.32. The van der Waals surface area contributed by atoms with Gasteiger partial charge in [-0.2, -0.15) is 0 Å². The fourth-order valence-corrected chi connectivity index (χ4v) is 2.94. The van der Waals surface area contributed by atoms with Crippen molar-refractivity contribution in [3.05, 3.63) is 64.4 Å². The molecule has 3 rings (SSSR count). The lowest BCUT2D eigenvalue weighted by atomic mass is 10.1. The lowest BCUT2D eigenvalue weighted by Gasteiger charge is -2.26. The van der Waals surface area contributed by atoms with Crippen LogP contribution in [0.4, 0.5) is 17.6 Å². The number of benzene rings is 2. The molecule has 0 bridgehead atoms. The van der Waals surface area contributed by atoms with Crippen LogP contribution in [0.1, 0.15) is 19.7 Å². The van der Waals surface area contributed by atoms with Crippen LogP contribution >= 0.6 is 24.0 Å². The molecule has 0 spiro atoms. The van der Waals surface area contributed by atoms with Gasteiger partial charge in [0, 0.05) is 24.7 Å². The Kier molecular flexibility index (Phi) is 6.25. The van der Waals surface area contributed by atoms with Gasteiger partial charge in [0.1, 0.15) is 11.6 Å². The zero-order valence-electron chi connectivity index (χ0n) is 14.9. The summed E-state index contributed by atoms with van der Waals surface area (Å²) >= 11 is 6.06. The number of nitrogens with zero attached hydrogens (tertiary/aromatic N) is 3. The zero-order chi connectivity index (χ0) is 19.9. The van der Waals surface area contributed by atoms with E-state index in [1.54, 1.807) is 7.05 Å². The molecule has 0 aliphatic rings. The number of aromatic nitrogens is 3. The summed E-state index contributed by atoms with van der Waals surface area (Å²) in [5.74, 6) is -4.10. The first-order valence-corrected chi connectivity index (χ1v) is 8.17. The summed E-state index contributed by atoms with van der Waals surface area (Å²) in [6.45, 7) is 3.05. The summed E-state index contributed by atoms with van der Waals surface area (Å²) in [5, 5.41) is 8.17. The molecule has 0 saturated heterocycles. The Labute approximate surface area is 169 Å². The van der Waals surface area contributed by atoms with Crippen molar-refractivity contribution >= 4 is 24.0 Å². The first-order chi connectivity index (χ1) is 12.6. The van der Waals surface area contributed by atoms with E-state index in [9.17, 15) is 17.6 Å². The van der Waals surface area contributed by atoms with Crippen LogP contribution in [0.5, 0.6) is 5.75 Å². The first-order valence-electron chi connectivity index (χ1n) is 7.79. The maximum Gasteiger partial charge on any atom is 0.192 e. The molecular formula is C18H15Cl2F4N3O. The fraction of sp³-hybridized carbons (Fsp3) is 0.222. The Morgan fingerprint density at radius 3 is 2.14 bits per heavy atom. The van der Waals surface area contributed by atoms with Gasteiger partial charge in [-0.1, -0.05) is 11.6 Å². The highest BCUT2D eigenvalue weighted by Crippen LogP contribution is 2.33. The third-order valence-corrected chi connectivity index (χ3v) is 4.22. The number of hydrogen-bond donors (Lipinski definition) is 0. The normalized spacial score (nSPS) is 11.3. The van der Waals surface area contributed by atoms with Crippen LogP contribution in [0.2, 0.25) is 5.02 Å². The van der Waals surface area contributed by atoms with Gasteiger partial charge in [-0.15, -0.1) is 22.6 Å². The molecule has 0 aliphatic heterocycles. The van der Waals surface area contributed by atoms with E-state index >= 15 is 0 Å². The van der Waals surface area contributed by atoms with Crippen LogP contribution in [-0.2, 0) is 12.6 Å². The second-order valence-corrected chi connectivity index (χ2v) is 6.75. The molecule has 0 saturated carbocycles. The standard InChI is InChI=1S/C18H14ClF4N3O.ClH/c1-18(2,27-15-13(22)7-10(21)8-14(15)23)17-25-24-16(26(17)3)11-5-4-9(20)6-12(11)19;/h4-8H,1-3H3;1H. The minimum Gasteiger partial charge on any atom is -0.474 e. The SMILES string of the molecule is Cl.Cn1c(-c2ccc(F)cc2Cl)nnc1C(C)(C)Oc1c(F)cc(F)cc1F. The summed E-state index contributed by atoms with van der Waals surface area (Å²) in [6, 6.07) is 4.85. The van der Waals surface area contributed by atoms with Gasteiger partial charge in [0.15, 0.2) is 34.6 Å². The van der Waals surface area contributed by atoms with Crippen LogP contribution in [0.25, 0.3) is 11.4 Å². The molecule has 3 aromatic rings. The van der Waals surface area contributed by atoms with E-state index in [1.165, 1.54) is 30.5 Å². The topological polar surface area (TPSA) is 39.9 Å². The van der Waals surface area contributed by atoms with Gasteiger partial charge in [-0.3, -0.25) is 0 Å². The quantitative estimate of drug-likeness (QED) is 0.513. The third-order valence-electron chi connectivity index (χ3n) is 3.91. The second kappa shape index (κ2) is 7.97. The van der Waals surface area contributed by atoms with E-state index < -0.39 is 34.6 Å². The molecule has 0 N–H and O–H groups in total. The highest BCUT2D eigenvalue weighted by atomic mass is 35.5. The van der Waals surface area contributed by atoms with Gasteiger partial charge in [-0.05, 0) is 32.0 Å². The molecule has 10 heteroatoms. The molecular weight excluding hydrogens is 421 g/mol. The average Bonchev–Trinajstić information content (AvgIpc) is 2.93. The lowest BCUT2D eigenvalue weighted by molar-refractivity contribution is 0.0833.